The van der Waals surface area contributed by atoms with Gasteiger partial charge < -0.3 is 4.98 Å². The molecule has 0 radical (unpaired) electrons. The third-order valence-electron chi connectivity index (χ3n) is 1.77. The van der Waals surface area contributed by atoms with Crippen LogP contribution in [0.2, 0.25) is 0 Å². The molecule has 0 saturated carbocycles. The molecule has 2 N–H and O–H groups in total. The van der Waals surface area contributed by atoms with Gasteiger partial charge in [0.2, 0.25) is 0 Å². The second kappa shape index (κ2) is 5.48. The Bertz CT molecular complexity index is 418. The van der Waals surface area contributed by atoms with Gasteiger partial charge in [-0.05, 0) is 12.8 Å². The molecule has 0 fully saturated rings. The molecule has 0 aromatic carbocycles. The number of unbranched alkanes of at least 4 members (excludes halogenated alkanes) is 2. The summed E-state index contributed by atoms with van der Waals surface area (Å²) >= 11 is 0. The summed E-state index contributed by atoms with van der Waals surface area (Å²) in [6.45, 7) is 0.336. The molecule has 82 valence electrons. The minimum atomic E-state index is -3.46. The van der Waals surface area contributed by atoms with E-state index in [1.807, 2.05) is 6.07 Å². The number of nitrogens with one attached hydrogen (secondary N) is 2. The lowest BCUT2D eigenvalue weighted by Crippen LogP contribution is -2.25. The van der Waals surface area contributed by atoms with Crippen LogP contribution in [0.15, 0.2) is 17.6 Å². The Labute approximate surface area is 88.4 Å². The summed E-state index contributed by atoms with van der Waals surface area (Å²) in [6.07, 6.45) is 4.36. The highest BCUT2D eigenvalue weighted by molar-refractivity contribution is 7.89. The number of aromatic amines is 1. The quantitative estimate of drug-likeness (QED) is 0.687. The highest BCUT2D eigenvalue weighted by Gasteiger charge is 2.13. The summed E-state index contributed by atoms with van der Waals surface area (Å²) in [7, 11) is -3.46. The Hall–Kier alpha value is -1.39. The third-order valence-corrected chi connectivity index (χ3v) is 3.16. The van der Waals surface area contributed by atoms with E-state index in [0.717, 1.165) is 0 Å². The lowest BCUT2D eigenvalue weighted by molar-refractivity contribution is 0.574. The van der Waals surface area contributed by atoms with Crippen molar-refractivity contribution in [2.24, 2.45) is 0 Å². The first kappa shape index (κ1) is 11.7. The zero-order valence-electron chi connectivity index (χ0n) is 8.10. The fourth-order valence-electron chi connectivity index (χ4n) is 1.00. The zero-order valence-corrected chi connectivity index (χ0v) is 8.92. The largest absolute Gasteiger partial charge is 0.335 e. The maximum atomic E-state index is 11.5. The van der Waals surface area contributed by atoms with Gasteiger partial charge in [0, 0.05) is 13.0 Å². The molecule has 1 heterocycles. The second-order valence-electron chi connectivity index (χ2n) is 2.93. The van der Waals surface area contributed by atoms with Crippen molar-refractivity contribution in [1.82, 2.24) is 14.7 Å². The number of H-pyrrole nitrogens is 1. The lowest BCUT2D eigenvalue weighted by Gasteiger charge is -2.02. The first-order chi connectivity index (χ1) is 7.17. The molecule has 6 nitrogen and oxygen atoms in total. The summed E-state index contributed by atoms with van der Waals surface area (Å²) in [5.41, 5.74) is 0. The van der Waals surface area contributed by atoms with E-state index < -0.39 is 10.0 Å². The van der Waals surface area contributed by atoms with Gasteiger partial charge in [-0.1, -0.05) is 0 Å². The number of nitriles is 1. The first-order valence-electron chi connectivity index (χ1n) is 4.52. The van der Waals surface area contributed by atoms with E-state index >= 15 is 0 Å². The number of hydrogen-bond acceptors (Lipinski definition) is 4. The van der Waals surface area contributed by atoms with Crippen LogP contribution >= 0.6 is 0 Å². The Kier molecular flexibility index (Phi) is 4.27. The SMILES string of the molecule is N#CCCCCNS(=O)(=O)c1cnc[nH]1. The summed E-state index contributed by atoms with van der Waals surface area (Å²) in [4.78, 5) is 6.14. The zero-order chi connectivity index (χ0) is 11.1. The topological polar surface area (TPSA) is 98.6 Å². The first-order valence-corrected chi connectivity index (χ1v) is 6.00. The van der Waals surface area contributed by atoms with Crippen LogP contribution < -0.4 is 4.72 Å². The molecule has 1 rings (SSSR count). The van der Waals surface area contributed by atoms with Crippen molar-refractivity contribution in [3.63, 3.8) is 0 Å². The smallest absolute Gasteiger partial charge is 0.257 e. The van der Waals surface area contributed by atoms with Gasteiger partial charge >= 0.3 is 0 Å². The summed E-state index contributed by atoms with van der Waals surface area (Å²) < 4.78 is 25.4. The molecule has 1 aromatic rings. The fraction of sp³-hybridized carbons (Fsp3) is 0.500. The van der Waals surface area contributed by atoms with E-state index in [-0.39, 0.29) is 5.03 Å². The molecule has 0 aliphatic heterocycles. The normalized spacial score (nSPS) is 11.1. The van der Waals surface area contributed by atoms with Crippen molar-refractivity contribution in [3.05, 3.63) is 12.5 Å². The lowest BCUT2D eigenvalue weighted by atomic mass is 10.2. The Morgan fingerprint density at radius 1 is 1.53 bits per heavy atom. The molecule has 0 atom stereocenters. The highest BCUT2D eigenvalue weighted by atomic mass is 32.2. The van der Waals surface area contributed by atoms with Gasteiger partial charge in [0.15, 0.2) is 5.03 Å². The van der Waals surface area contributed by atoms with E-state index in [1.54, 1.807) is 0 Å². The van der Waals surface area contributed by atoms with Crippen molar-refractivity contribution in [3.8, 4) is 6.07 Å². The van der Waals surface area contributed by atoms with Gasteiger partial charge in [-0.3, -0.25) is 0 Å². The number of sulfonamides is 1. The molecule has 0 unspecified atom stereocenters. The van der Waals surface area contributed by atoms with Crippen LogP contribution in [-0.2, 0) is 10.0 Å². The van der Waals surface area contributed by atoms with Gasteiger partial charge in [0.05, 0.1) is 18.6 Å². The number of aromatic nitrogens is 2. The highest BCUT2D eigenvalue weighted by Crippen LogP contribution is 2.02. The predicted molar refractivity (Wildman–Crippen MR) is 53.2 cm³/mol. The number of rotatable bonds is 6. The Morgan fingerprint density at radius 3 is 2.93 bits per heavy atom. The van der Waals surface area contributed by atoms with Crippen molar-refractivity contribution in [1.29, 1.82) is 5.26 Å². The summed E-state index contributed by atoms with van der Waals surface area (Å²) in [5.74, 6) is 0. The van der Waals surface area contributed by atoms with Crippen LogP contribution in [0, 0.1) is 11.3 Å². The number of imidazole rings is 1. The van der Waals surface area contributed by atoms with E-state index in [4.69, 9.17) is 5.26 Å². The number of hydrogen-bond donors (Lipinski definition) is 2. The number of nitrogens with zero attached hydrogens (tertiary/aromatic N) is 2. The van der Waals surface area contributed by atoms with Crippen LogP contribution in [0.4, 0.5) is 0 Å². The third kappa shape index (κ3) is 3.69. The van der Waals surface area contributed by atoms with Crippen molar-refractivity contribution < 1.29 is 8.42 Å². The molecule has 0 spiro atoms. The monoisotopic (exact) mass is 228 g/mol. The second-order valence-corrected chi connectivity index (χ2v) is 4.66. The van der Waals surface area contributed by atoms with Crippen LogP contribution in [0.25, 0.3) is 0 Å². The van der Waals surface area contributed by atoms with E-state index in [9.17, 15) is 8.42 Å². The van der Waals surface area contributed by atoms with Gasteiger partial charge in [0.1, 0.15) is 0 Å². The van der Waals surface area contributed by atoms with Crippen molar-refractivity contribution in [2.45, 2.75) is 24.3 Å². The van der Waals surface area contributed by atoms with Crippen LogP contribution in [0.3, 0.4) is 0 Å². The minimum absolute atomic E-state index is 0.0581. The van der Waals surface area contributed by atoms with E-state index in [2.05, 4.69) is 14.7 Å². The minimum Gasteiger partial charge on any atom is -0.335 e. The summed E-state index contributed by atoms with van der Waals surface area (Å²) in [5, 5.41) is 8.33. The maximum Gasteiger partial charge on any atom is 0.257 e. The van der Waals surface area contributed by atoms with Crippen LogP contribution in [0.1, 0.15) is 19.3 Å². The maximum absolute atomic E-state index is 11.5. The van der Waals surface area contributed by atoms with Gasteiger partial charge in [-0.15, -0.1) is 0 Å². The average molecular weight is 228 g/mol. The molecule has 0 aliphatic carbocycles. The summed E-state index contributed by atoms with van der Waals surface area (Å²) in [6, 6.07) is 2.00. The molecular formula is C8H12N4O2S. The van der Waals surface area contributed by atoms with E-state index in [1.165, 1.54) is 12.5 Å². The standard InChI is InChI=1S/C8H12N4O2S/c9-4-2-1-3-5-12-15(13,14)8-6-10-7-11-8/h6-7,12H,1-3,5H2,(H,10,11). The van der Waals surface area contributed by atoms with Crippen LogP contribution in [-0.4, -0.2) is 24.9 Å². The molecule has 15 heavy (non-hydrogen) atoms. The van der Waals surface area contributed by atoms with Gasteiger partial charge in [-0.2, -0.15) is 5.26 Å². The fourth-order valence-corrected chi connectivity index (χ4v) is 1.98. The molecule has 0 amide bonds. The van der Waals surface area contributed by atoms with Crippen molar-refractivity contribution >= 4 is 10.0 Å². The van der Waals surface area contributed by atoms with Crippen molar-refractivity contribution in [2.75, 3.05) is 6.54 Å². The van der Waals surface area contributed by atoms with E-state index in [0.29, 0.717) is 25.8 Å². The van der Waals surface area contributed by atoms with Gasteiger partial charge in [0.25, 0.3) is 10.0 Å². The molecule has 0 bridgehead atoms. The molecule has 1 aromatic heterocycles. The van der Waals surface area contributed by atoms with Crippen LogP contribution in [0.5, 0.6) is 0 Å². The predicted octanol–water partition coefficient (Wildman–Crippen LogP) is 0.382. The van der Waals surface area contributed by atoms with Gasteiger partial charge in [-0.25, -0.2) is 18.1 Å². The molecular weight excluding hydrogens is 216 g/mol. The Morgan fingerprint density at radius 2 is 2.33 bits per heavy atom. The molecule has 0 saturated heterocycles. The molecule has 0 aliphatic rings. The Balaban J connectivity index is 2.36. The average Bonchev–Trinajstić information content (AvgIpc) is 2.70. The molecule has 7 heteroatoms.